The molecule has 1 heteroatoms. The smallest absolute Gasteiger partial charge is 0.0699 e. The largest absolute Gasteiger partial charge is 0.0851 e. The molecule has 5 fully saturated rings. The summed E-state index contributed by atoms with van der Waals surface area (Å²) in [5, 5.41) is 0. The normalized spacial score (nSPS) is 49.1. The van der Waals surface area contributed by atoms with Crippen molar-refractivity contribution in [2.45, 2.75) is 121 Å². The van der Waals surface area contributed by atoms with Gasteiger partial charge < -0.3 is 0 Å². The first kappa shape index (κ1) is 21.3. The van der Waals surface area contributed by atoms with Gasteiger partial charge in [0.15, 0.2) is 0 Å². The van der Waals surface area contributed by atoms with Crippen molar-refractivity contribution >= 4 is 7.85 Å². The van der Waals surface area contributed by atoms with Crippen LogP contribution in [-0.2, 0) is 0 Å². The van der Waals surface area contributed by atoms with Gasteiger partial charge in [-0.1, -0.05) is 75.8 Å². The Morgan fingerprint density at radius 2 is 1.45 bits per heavy atom. The molecule has 5 saturated carbocycles. The first-order valence-corrected chi connectivity index (χ1v) is 14.7. The molecule has 6 aliphatic rings. The van der Waals surface area contributed by atoms with E-state index >= 15 is 0 Å². The van der Waals surface area contributed by atoms with Crippen LogP contribution in [0.1, 0.15) is 116 Å². The summed E-state index contributed by atoms with van der Waals surface area (Å²) in [5.74, 6) is 8.76. The topological polar surface area (TPSA) is 0 Å². The van der Waals surface area contributed by atoms with E-state index in [0.29, 0.717) is 5.82 Å². The molecule has 2 radical (unpaired) electrons. The summed E-state index contributed by atoms with van der Waals surface area (Å²) < 4.78 is 0. The highest BCUT2D eigenvalue weighted by molar-refractivity contribution is 6.11. The summed E-state index contributed by atoms with van der Waals surface area (Å²) in [5.41, 5.74) is 0.809. The van der Waals surface area contributed by atoms with Crippen LogP contribution in [0.2, 0.25) is 5.82 Å². The number of rotatable bonds is 3. The summed E-state index contributed by atoms with van der Waals surface area (Å²) in [7, 11) is 6.15. The van der Waals surface area contributed by atoms with E-state index in [4.69, 9.17) is 7.85 Å². The van der Waals surface area contributed by atoms with Crippen molar-refractivity contribution in [1.29, 1.82) is 0 Å². The molecule has 7 atom stereocenters. The van der Waals surface area contributed by atoms with Crippen molar-refractivity contribution < 1.29 is 0 Å². The third kappa shape index (κ3) is 3.91. The molecule has 170 valence electrons. The molecule has 0 bridgehead atoms. The molecule has 0 heterocycles. The van der Waals surface area contributed by atoms with Crippen LogP contribution in [0.5, 0.6) is 0 Å². The van der Waals surface area contributed by atoms with Crippen LogP contribution in [0.15, 0.2) is 12.2 Å². The Balaban J connectivity index is 1.08. The van der Waals surface area contributed by atoms with Gasteiger partial charge in [-0.15, -0.1) is 0 Å². The van der Waals surface area contributed by atoms with Gasteiger partial charge in [-0.25, -0.2) is 0 Å². The Bertz CT molecular complexity index is 637. The fraction of sp³-hybridized carbons (Fsp3) is 0.933. The van der Waals surface area contributed by atoms with Crippen molar-refractivity contribution in [2.24, 2.45) is 52.8 Å². The number of allylic oxidation sites excluding steroid dienone is 2. The molecule has 0 aromatic heterocycles. The van der Waals surface area contributed by atoms with Gasteiger partial charge in [0.25, 0.3) is 0 Å². The molecule has 1 spiro atoms. The Hall–Kier alpha value is -0.195. The Morgan fingerprint density at radius 3 is 2.23 bits per heavy atom. The van der Waals surface area contributed by atoms with Crippen LogP contribution in [0.25, 0.3) is 0 Å². The zero-order valence-electron chi connectivity index (χ0n) is 20.2. The SMILES string of the molecule is [B]C1CCC(C2C=CC(CC3CC[C@H]4C(C3)C3(CCCC3)C3CCCC[C@H]34)CC2)CC1. The molecule has 31 heavy (non-hydrogen) atoms. The Morgan fingerprint density at radius 1 is 0.677 bits per heavy atom. The van der Waals surface area contributed by atoms with Crippen LogP contribution in [0, 0.1) is 52.8 Å². The maximum Gasteiger partial charge on any atom is 0.0699 e. The van der Waals surface area contributed by atoms with Gasteiger partial charge in [0, 0.05) is 0 Å². The van der Waals surface area contributed by atoms with Gasteiger partial charge >= 0.3 is 0 Å². The molecule has 0 aliphatic heterocycles. The molecule has 0 aromatic rings. The first-order chi connectivity index (χ1) is 15.2. The third-order valence-electron chi connectivity index (χ3n) is 12.0. The molecule has 5 unspecified atom stereocenters. The lowest BCUT2D eigenvalue weighted by atomic mass is 9.62. The minimum Gasteiger partial charge on any atom is -0.0851 e. The molecule has 6 rings (SSSR count). The lowest BCUT2D eigenvalue weighted by Gasteiger charge is -2.43. The molecule has 0 saturated heterocycles. The molecule has 0 N–H and O–H groups in total. The number of fused-ring (bicyclic) bond motifs is 5. The molecule has 0 amide bonds. The van der Waals surface area contributed by atoms with Gasteiger partial charge in [-0.3, -0.25) is 0 Å². The van der Waals surface area contributed by atoms with Crippen LogP contribution in [0.4, 0.5) is 0 Å². The summed E-state index contributed by atoms with van der Waals surface area (Å²) in [4.78, 5) is 0. The third-order valence-corrected chi connectivity index (χ3v) is 12.0. The molecular formula is C30H47B. The van der Waals surface area contributed by atoms with E-state index < -0.39 is 0 Å². The predicted molar refractivity (Wildman–Crippen MR) is 132 cm³/mol. The number of hydrogen-bond acceptors (Lipinski definition) is 0. The zero-order valence-corrected chi connectivity index (χ0v) is 20.2. The fourth-order valence-corrected chi connectivity index (χ4v) is 10.6. The molecule has 6 aliphatic carbocycles. The van der Waals surface area contributed by atoms with E-state index in [1.165, 1.54) is 44.9 Å². The van der Waals surface area contributed by atoms with E-state index in [9.17, 15) is 0 Å². The van der Waals surface area contributed by atoms with Crippen molar-refractivity contribution in [2.75, 3.05) is 0 Å². The second kappa shape index (κ2) is 8.87. The van der Waals surface area contributed by atoms with Gasteiger partial charge in [-0.05, 0) is 111 Å². The van der Waals surface area contributed by atoms with E-state index in [2.05, 4.69) is 12.2 Å². The predicted octanol–water partition coefficient (Wildman–Crippen LogP) is 8.52. The van der Waals surface area contributed by atoms with Crippen molar-refractivity contribution in [3.05, 3.63) is 12.2 Å². The summed E-state index contributed by atoms with van der Waals surface area (Å²) >= 11 is 0. The van der Waals surface area contributed by atoms with Crippen molar-refractivity contribution in [3.63, 3.8) is 0 Å². The van der Waals surface area contributed by atoms with Crippen molar-refractivity contribution in [1.82, 2.24) is 0 Å². The number of hydrogen-bond donors (Lipinski definition) is 0. The van der Waals surface area contributed by atoms with Crippen LogP contribution < -0.4 is 0 Å². The minimum atomic E-state index is 0.495. The zero-order chi connectivity index (χ0) is 20.8. The molecule has 0 nitrogen and oxygen atoms in total. The quantitative estimate of drug-likeness (QED) is 0.318. The average Bonchev–Trinajstić information content (AvgIpc) is 3.40. The highest BCUT2D eigenvalue weighted by atomic mass is 14.7. The second-order valence-corrected chi connectivity index (χ2v) is 13.2. The average molecular weight is 419 g/mol. The second-order valence-electron chi connectivity index (χ2n) is 13.2. The highest BCUT2D eigenvalue weighted by Crippen LogP contribution is 2.69. The highest BCUT2D eigenvalue weighted by Gasteiger charge is 2.61. The summed E-state index contributed by atoms with van der Waals surface area (Å²) in [6, 6.07) is 0. The fourth-order valence-electron chi connectivity index (χ4n) is 10.6. The van der Waals surface area contributed by atoms with Crippen LogP contribution >= 0.6 is 0 Å². The van der Waals surface area contributed by atoms with Crippen LogP contribution in [-0.4, -0.2) is 7.85 Å². The van der Waals surface area contributed by atoms with Crippen molar-refractivity contribution in [3.8, 4) is 0 Å². The van der Waals surface area contributed by atoms with Gasteiger partial charge in [-0.2, -0.15) is 0 Å². The van der Waals surface area contributed by atoms with E-state index in [1.807, 2.05) is 0 Å². The summed E-state index contributed by atoms with van der Waals surface area (Å²) in [6.45, 7) is 0. The maximum absolute atomic E-state index is 6.15. The standard InChI is InChI=1S/C30H47B/c31-25-14-12-24(13-15-25)23-10-7-21(8-11-23)19-22-9-16-27-26-5-1-2-6-28(26)30(29(27)20-22)17-3-4-18-30/h7,10,21-29H,1-6,8-9,11-20H2/t21?,22?,23?,24?,25?,26-,27+,28?,29?/m0/s1. The Kier molecular flexibility index (Phi) is 6.11. The Labute approximate surface area is 194 Å². The van der Waals surface area contributed by atoms with Gasteiger partial charge in [0.2, 0.25) is 0 Å². The lowest BCUT2D eigenvalue weighted by Crippen LogP contribution is -2.35. The molecular weight excluding hydrogens is 371 g/mol. The van der Waals surface area contributed by atoms with E-state index in [1.54, 1.807) is 70.6 Å². The minimum absolute atomic E-state index is 0.495. The van der Waals surface area contributed by atoms with Gasteiger partial charge in [0.1, 0.15) is 0 Å². The van der Waals surface area contributed by atoms with Crippen LogP contribution in [0.3, 0.4) is 0 Å². The maximum atomic E-state index is 6.15. The lowest BCUT2D eigenvalue weighted by molar-refractivity contribution is 0.0658. The van der Waals surface area contributed by atoms with E-state index in [0.717, 1.165) is 52.8 Å². The van der Waals surface area contributed by atoms with Gasteiger partial charge in [0.05, 0.1) is 7.85 Å². The monoisotopic (exact) mass is 418 g/mol. The van der Waals surface area contributed by atoms with E-state index in [-0.39, 0.29) is 0 Å². The summed E-state index contributed by atoms with van der Waals surface area (Å²) in [6.07, 6.45) is 32.5. The molecule has 0 aromatic carbocycles. The first-order valence-electron chi connectivity index (χ1n) is 14.7.